The van der Waals surface area contributed by atoms with E-state index in [2.05, 4.69) is 22.5 Å². The van der Waals surface area contributed by atoms with Gasteiger partial charge in [0, 0.05) is 13.1 Å². The normalized spacial score (nSPS) is 10.3. The Morgan fingerprint density at radius 1 is 1.10 bits per heavy atom. The Balaban J connectivity index is 1.90. The molecule has 0 saturated heterocycles. The fourth-order valence-corrected chi connectivity index (χ4v) is 2.12. The highest BCUT2D eigenvalue weighted by atomic mass is 19.1. The number of rotatable bonds is 6. The molecule has 0 aliphatic carbocycles. The van der Waals surface area contributed by atoms with E-state index in [-0.39, 0.29) is 5.82 Å². The third kappa shape index (κ3) is 3.95. The van der Waals surface area contributed by atoms with Gasteiger partial charge in [-0.3, -0.25) is 4.98 Å². The lowest BCUT2D eigenvalue weighted by atomic mass is 10.1. The standard InChI is InChI=1S/C16H20FN3/c1-3-19-15-9-16(11-18-10-15)20-7-6-13-4-5-14(17)8-12(13)2/h4-5,8-11,19-20H,3,6-7H2,1-2H3. The summed E-state index contributed by atoms with van der Waals surface area (Å²) in [5.41, 5.74) is 4.15. The summed E-state index contributed by atoms with van der Waals surface area (Å²) in [7, 11) is 0. The van der Waals surface area contributed by atoms with Gasteiger partial charge in [0.2, 0.25) is 0 Å². The Kier molecular flexibility index (Phi) is 4.93. The molecule has 2 rings (SSSR count). The first-order chi connectivity index (χ1) is 9.69. The number of hydrogen-bond acceptors (Lipinski definition) is 3. The van der Waals surface area contributed by atoms with E-state index < -0.39 is 0 Å². The molecular formula is C16H20FN3. The molecule has 0 bridgehead atoms. The molecule has 106 valence electrons. The summed E-state index contributed by atoms with van der Waals surface area (Å²) < 4.78 is 13.0. The van der Waals surface area contributed by atoms with Gasteiger partial charge in [0.1, 0.15) is 5.82 Å². The summed E-state index contributed by atoms with van der Waals surface area (Å²) in [5, 5.41) is 6.56. The molecule has 1 aromatic heterocycles. The van der Waals surface area contributed by atoms with Crippen molar-refractivity contribution in [3.63, 3.8) is 0 Å². The highest BCUT2D eigenvalue weighted by molar-refractivity contribution is 5.53. The first kappa shape index (κ1) is 14.3. The molecule has 0 aliphatic rings. The van der Waals surface area contributed by atoms with Gasteiger partial charge in [0.05, 0.1) is 23.8 Å². The monoisotopic (exact) mass is 273 g/mol. The number of halogens is 1. The maximum absolute atomic E-state index is 13.0. The van der Waals surface area contributed by atoms with Crippen LogP contribution in [0.2, 0.25) is 0 Å². The Bertz CT molecular complexity index is 569. The van der Waals surface area contributed by atoms with Crippen LogP contribution in [0.1, 0.15) is 18.1 Å². The van der Waals surface area contributed by atoms with E-state index in [0.717, 1.165) is 42.0 Å². The summed E-state index contributed by atoms with van der Waals surface area (Å²) in [6, 6.07) is 6.96. The van der Waals surface area contributed by atoms with Crippen LogP contribution in [0.25, 0.3) is 0 Å². The lowest BCUT2D eigenvalue weighted by Crippen LogP contribution is -2.07. The number of pyridine rings is 1. The number of nitrogens with zero attached hydrogens (tertiary/aromatic N) is 1. The van der Waals surface area contributed by atoms with E-state index in [9.17, 15) is 4.39 Å². The molecular weight excluding hydrogens is 253 g/mol. The molecule has 0 unspecified atom stereocenters. The van der Waals surface area contributed by atoms with Crippen LogP contribution < -0.4 is 10.6 Å². The molecule has 1 aromatic carbocycles. The van der Waals surface area contributed by atoms with Crippen LogP contribution in [0.5, 0.6) is 0 Å². The molecule has 1 heterocycles. The topological polar surface area (TPSA) is 37.0 Å². The molecule has 3 nitrogen and oxygen atoms in total. The van der Waals surface area contributed by atoms with Crippen molar-refractivity contribution in [3.8, 4) is 0 Å². The quantitative estimate of drug-likeness (QED) is 0.844. The predicted molar refractivity (Wildman–Crippen MR) is 81.7 cm³/mol. The van der Waals surface area contributed by atoms with Crippen molar-refractivity contribution in [2.75, 3.05) is 23.7 Å². The second-order valence-corrected chi connectivity index (χ2v) is 4.74. The summed E-state index contributed by atoms with van der Waals surface area (Å²) in [5.74, 6) is -0.179. The Morgan fingerprint density at radius 3 is 2.55 bits per heavy atom. The molecule has 0 radical (unpaired) electrons. The first-order valence-electron chi connectivity index (χ1n) is 6.87. The van der Waals surface area contributed by atoms with E-state index in [4.69, 9.17) is 0 Å². The van der Waals surface area contributed by atoms with Gasteiger partial charge >= 0.3 is 0 Å². The maximum Gasteiger partial charge on any atom is 0.123 e. The first-order valence-corrected chi connectivity index (χ1v) is 6.87. The smallest absolute Gasteiger partial charge is 0.123 e. The minimum atomic E-state index is -0.179. The lowest BCUT2D eigenvalue weighted by Gasteiger charge is -2.10. The molecule has 2 aromatic rings. The number of aryl methyl sites for hydroxylation is 1. The van der Waals surface area contributed by atoms with Crippen LogP contribution in [-0.4, -0.2) is 18.1 Å². The second kappa shape index (κ2) is 6.89. The van der Waals surface area contributed by atoms with Crippen LogP contribution >= 0.6 is 0 Å². The zero-order valence-corrected chi connectivity index (χ0v) is 11.9. The minimum Gasteiger partial charge on any atom is -0.384 e. The number of hydrogen-bond donors (Lipinski definition) is 2. The molecule has 0 amide bonds. The van der Waals surface area contributed by atoms with E-state index in [1.54, 1.807) is 18.5 Å². The van der Waals surface area contributed by atoms with Gasteiger partial charge in [-0.15, -0.1) is 0 Å². The van der Waals surface area contributed by atoms with Gasteiger partial charge in [0.15, 0.2) is 0 Å². The lowest BCUT2D eigenvalue weighted by molar-refractivity contribution is 0.625. The minimum absolute atomic E-state index is 0.179. The zero-order valence-electron chi connectivity index (χ0n) is 11.9. The van der Waals surface area contributed by atoms with E-state index in [1.807, 2.05) is 19.1 Å². The molecule has 0 atom stereocenters. The van der Waals surface area contributed by atoms with Crippen LogP contribution in [-0.2, 0) is 6.42 Å². The third-order valence-corrected chi connectivity index (χ3v) is 3.15. The number of anilines is 2. The highest BCUT2D eigenvalue weighted by Gasteiger charge is 2.01. The van der Waals surface area contributed by atoms with Crippen LogP contribution in [0.3, 0.4) is 0 Å². The van der Waals surface area contributed by atoms with Crippen molar-refractivity contribution in [2.24, 2.45) is 0 Å². The summed E-state index contributed by atoms with van der Waals surface area (Å²) in [6.07, 6.45) is 4.47. The molecule has 0 fully saturated rings. The van der Waals surface area contributed by atoms with E-state index in [1.165, 1.54) is 6.07 Å². The highest BCUT2D eigenvalue weighted by Crippen LogP contribution is 2.14. The van der Waals surface area contributed by atoms with E-state index in [0.29, 0.717) is 0 Å². The van der Waals surface area contributed by atoms with Crippen molar-refractivity contribution >= 4 is 11.4 Å². The third-order valence-electron chi connectivity index (χ3n) is 3.15. The SMILES string of the molecule is CCNc1cncc(NCCc2ccc(F)cc2C)c1. The number of nitrogens with one attached hydrogen (secondary N) is 2. The average Bonchev–Trinajstić information content (AvgIpc) is 2.42. The van der Waals surface area contributed by atoms with Gasteiger partial charge in [-0.1, -0.05) is 6.07 Å². The zero-order chi connectivity index (χ0) is 14.4. The van der Waals surface area contributed by atoms with Crippen LogP contribution in [0, 0.1) is 12.7 Å². The fourth-order valence-electron chi connectivity index (χ4n) is 2.12. The average molecular weight is 273 g/mol. The summed E-state index contributed by atoms with van der Waals surface area (Å²) in [4.78, 5) is 4.18. The molecule has 0 saturated carbocycles. The van der Waals surface area contributed by atoms with Crippen molar-refractivity contribution in [2.45, 2.75) is 20.3 Å². The molecule has 0 aliphatic heterocycles. The molecule has 20 heavy (non-hydrogen) atoms. The Hall–Kier alpha value is -2.10. The number of aromatic nitrogens is 1. The van der Waals surface area contributed by atoms with Crippen molar-refractivity contribution in [3.05, 3.63) is 53.6 Å². The van der Waals surface area contributed by atoms with Crippen molar-refractivity contribution < 1.29 is 4.39 Å². The maximum atomic E-state index is 13.0. The van der Waals surface area contributed by atoms with Crippen molar-refractivity contribution in [1.29, 1.82) is 0 Å². The predicted octanol–water partition coefficient (Wildman–Crippen LogP) is 3.62. The summed E-state index contributed by atoms with van der Waals surface area (Å²) in [6.45, 7) is 5.66. The van der Waals surface area contributed by atoms with Crippen LogP contribution in [0.15, 0.2) is 36.7 Å². The Labute approximate surface area is 119 Å². The number of benzene rings is 1. The van der Waals surface area contributed by atoms with Gasteiger partial charge in [0.25, 0.3) is 0 Å². The van der Waals surface area contributed by atoms with Gasteiger partial charge < -0.3 is 10.6 Å². The van der Waals surface area contributed by atoms with Gasteiger partial charge in [-0.2, -0.15) is 0 Å². The van der Waals surface area contributed by atoms with Gasteiger partial charge in [-0.05, 0) is 49.6 Å². The summed E-state index contributed by atoms with van der Waals surface area (Å²) >= 11 is 0. The largest absolute Gasteiger partial charge is 0.384 e. The molecule has 2 N–H and O–H groups in total. The fraction of sp³-hybridized carbons (Fsp3) is 0.312. The second-order valence-electron chi connectivity index (χ2n) is 4.74. The van der Waals surface area contributed by atoms with E-state index >= 15 is 0 Å². The van der Waals surface area contributed by atoms with Gasteiger partial charge in [-0.25, -0.2) is 4.39 Å². The molecule has 4 heteroatoms. The molecule has 0 spiro atoms. The van der Waals surface area contributed by atoms with Crippen LogP contribution in [0.4, 0.5) is 15.8 Å². The van der Waals surface area contributed by atoms with Crippen molar-refractivity contribution in [1.82, 2.24) is 4.98 Å². The Morgan fingerprint density at radius 2 is 1.85 bits per heavy atom.